The van der Waals surface area contributed by atoms with Crippen LogP contribution in [0.15, 0.2) is 0 Å². The van der Waals surface area contributed by atoms with Crippen LogP contribution in [0.5, 0.6) is 0 Å². The summed E-state index contributed by atoms with van der Waals surface area (Å²) in [5.74, 6) is 0. The van der Waals surface area contributed by atoms with E-state index in [2.05, 4.69) is 0 Å². The summed E-state index contributed by atoms with van der Waals surface area (Å²) in [4.78, 5) is 0. The Morgan fingerprint density at radius 1 is 2.00 bits per heavy atom. The standard InChI is InChI=1S/CH4OP2/c1-3-4-2/h3H,1H3/p+1. The number of rotatable bonds is 1. The summed E-state index contributed by atoms with van der Waals surface area (Å²) >= 11 is 0. The van der Waals surface area contributed by atoms with Gasteiger partial charge in [0.05, 0.1) is 0 Å². The first-order chi connectivity index (χ1) is 1.91. The van der Waals surface area contributed by atoms with Crippen LogP contribution in [0, 0.1) is 0 Å². The predicted molar refractivity (Wildman–Crippen MR) is 23.2 cm³/mol. The fourth-order valence-electron chi connectivity index (χ4n) is 0. The molecule has 24 valence electrons. The highest BCUT2D eigenvalue weighted by atomic mass is 32.0. The highest BCUT2D eigenvalue weighted by Gasteiger charge is 1.68. The van der Waals surface area contributed by atoms with Gasteiger partial charge in [-0.25, -0.2) is 0 Å². The van der Waals surface area contributed by atoms with Crippen molar-refractivity contribution < 1.29 is 4.57 Å². The second-order valence-corrected chi connectivity index (χ2v) is 3.17. The molecule has 0 N–H and O–H groups in total. The van der Waals surface area contributed by atoms with E-state index in [1.165, 1.54) is 0 Å². The highest BCUT2D eigenvalue weighted by Crippen LogP contribution is 2.18. The van der Waals surface area contributed by atoms with Gasteiger partial charge < -0.3 is 0 Å². The van der Waals surface area contributed by atoms with Gasteiger partial charge in [-0.05, 0) is 6.66 Å². The van der Waals surface area contributed by atoms with Crippen LogP contribution >= 0.6 is 16.4 Å². The summed E-state index contributed by atoms with van der Waals surface area (Å²) in [5.41, 5.74) is 0. The first-order valence-electron chi connectivity index (χ1n) is 0.954. The maximum atomic E-state index is 9.34. The third kappa shape index (κ3) is 2.53. The van der Waals surface area contributed by atoms with E-state index in [0.717, 1.165) is 0 Å². The lowest BCUT2D eigenvalue weighted by Crippen LogP contribution is -1.05. The van der Waals surface area contributed by atoms with Crippen molar-refractivity contribution in [2.45, 2.75) is 0 Å². The molecule has 0 bridgehead atoms. The van der Waals surface area contributed by atoms with Gasteiger partial charge in [0.2, 0.25) is 0 Å². The van der Waals surface area contributed by atoms with Gasteiger partial charge in [0.25, 0.3) is 0 Å². The van der Waals surface area contributed by atoms with Crippen LogP contribution in [0.1, 0.15) is 0 Å². The van der Waals surface area contributed by atoms with Crippen molar-refractivity contribution in [2.75, 3.05) is 6.66 Å². The van der Waals surface area contributed by atoms with Crippen molar-refractivity contribution in [3.8, 4) is 0 Å². The molecule has 0 rings (SSSR count). The number of hydrogen-bond acceptors (Lipinski definition) is 1. The second-order valence-electron chi connectivity index (χ2n) is 0.352. The van der Waals surface area contributed by atoms with Gasteiger partial charge in [-0.15, -0.1) is 0 Å². The SMILES string of the molecule is CP[PH+]=O. The first kappa shape index (κ1) is 4.53. The van der Waals surface area contributed by atoms with E-state index < -0.39 is 0 Å². The van der Waals surface area contributed by atoms with Crippen molar-refractivity contribution in [1.82, 2.24) is 0 Å². The number of hydrogen-bond donors (Lipinski definition) is 0. The Kier molecular flexibility index (Phi) is 4.00. The molecule has 0 aliphatic carbocycles. The minimum Gasteiger partial charge on any atom is -0.0752 e. The van der Waals surface area contributed by atoms with Gasteiger partial charge in [-0.2, -0.15) is 0 Å². The molecule has 0 heterocycles. The minimum atomic E-state index is -0.0818. The summed E-state index contributed by atoms with van der Waals surface area (Å²) in [7, 11) is 0.531. The highest BCUT2D eigenvalue weighted by molar-refractivity contribution is 8.05. The van der Waals surface area contributed by atoms with Gasteiger partial charge in [-0.3, -0.25) is 0 Å². The van der Waals surface area contributed by atoms with Gasteiger partial charge >= 0.3 is 8.15 Å². The lowest BCUT2D eigenvalue weighted by molar-refractivity contribution is 0.605. The summed E-state index contributed by atoms with van der Waals surface area (Å²) in [6.07, 6.45) is 0. The van der Waals surface area contributed by atoms with Crippen LogP contribution < -0.4 is 0 Å². The molecule has 0 amide bonds. The maximum Gasteiger partial charge on any atom is 0.338 e. The van der Waals surface area contributed by atoms with Crippen molar-refractivity contribution in [3.05, 3.63) is 0 Å². The van der Waals surface area contributed by atoms with Gasteiger partial charge in [0, 0.05) is 0 Å². The van der Waals surface area contributed by atoms with E-state index in [0.29, 0.717) is 8.27 Å². The maximum absolute atomic E-state index is 9.34. The zero-order chi connectivity index (χ0) is 3.41. The molecule has 3 heteroatoms. The van der Waals surface area contributed by atoms with E-state index in [4.69, 9.17) is 0 Å². The molecule has 4 heavy (non-hydrogen) atoms. The minimum absolute atomic E-state index is 0.0818. The zero-order valence-corrected chi connectivity index (χ0v) is 4.41. The molecule has 0 aromatic heterocycles. The van der Waals surface area contributed by atoms with Crippen molar-refractivity contribution >= 4 is 16.4 Å². The normalized spacial score (nSPS) is 11.2. The van der Waals surface area contributed by atoms with E-state index in [1.807, 2.05) is 6.66 Å². The summed E-state index contributed by atoms with van der Waals surface area (Å²) in [6.45, 7) is 1.91. The molecule has 0 fully saturated rings. The van der Waals surface area contributed by atoms with Crippen LogP contribution in [0.4, 0.5) is 0 Å². The molecule has 2 unspecified atom stereocenters. The van der Waals surface area contributed by atoms with Crippen molar-refractivity contribution in [2.24, 2.45) is 0 Å². The topological polar surface area (TPSA) is 17.1 Å². The van der Waals surface area contributed by atoms with Crippen molar-refractivity contribution in [3.63, 3.8) is 0 Å². The van der Waals surface area contributed by atoms with Gasteiger partial charge in [0.15, 0.2) is 0 Å². The molecular formula is CH5OP2+. The average Bonchev–Trinajstić information content (AvgIpc) is 1.37. The van der Waals surface area contributed by atoms with Crippen LogP contribution in [-0.4, -0.2) is 6.66 Å². The second kappa shape index (κ2) is 3.53. The van der Waals surface area contributed by atoms with Gasteiger partial charge in [0.1, 0.15) is 8.27 Å². The fraction of sp³-hybridized carbons (Fsp3) is 1.00. The summed E-state index contributed by atoms with van der Waals surface area (Å²) in [5, 5.41) is 0. The Hall–Kier alpha value is 0.530. The van der Waals surface area contributed by atoms with Crippen LogP contribution in [0.25, 0.3) is 0 Å². The first-order valence-corrected chi connectivity index (χ1v) is 4.36. The Labute approximate surface area is 28.7 Å². The Morgan fingerprint density at radius 3 is 2.25 bits per heavy atom. The van der Waals surface area contributed by atoms with E-state index >= 15 is 0 Å². The van der Waals surface area contributed by atoms with Crippen LogP contribution in [-0.2, 0) is 4.57 Å². The lowest BCUT2D eigenvalue weighted by atomic mass is 12.0. The Bertz CT molecular complexity index is 20.0. The molecule has 0 saturated heterocycles. The largest absolute Gasteiger partial charge is 0.338 e. The average molecular weight is 95.0 g/mol. The van der Waals surface area contributed by atoms with Gasteiger partial charge in [-0.1, -0.05) is 4.57 Å². The van der Waals surface area contributed by atoms with Crippen molar-refractivity contribution in [1.29, 1.82) is 0 Å². The predicted octanol–water partition coefficient (Wildman–Crippen LogP) is 1.23. The molecule has 0 spiro atoms. The third-order valence-electron chi connectivity index (χ3n) is 0.102. The smallest absolute Gasteiger partial charge is 0.0752 e. The van der Waals surface area contributed by atoms with Crippen LogP contribution in [0.3, 0.4) is 0 Å². The summed E-state index contributed by atoms with van der Waals surface area (Å²) in [6, 6.07) is 0. The molecule has 0 aliphatic heterocycles. The van der Waals surface area contributed by atoms with Crippen LogP contribution in [0.2, 0.25) is 0 Å². The lowest BCUT2D eigenvalue weighted by Gasteiger charge is -1.36. The molecule has 1 nitrogen and oxygen atoms in total. The molecule has 0 saturated carbocycles. The molecule has 0 aliphatic rings. The fourth-order valence-corrected chi connectivity index (χ4v) is 0. The third-order valence-corrected chi connectivity index (χ3v) is 0.919. The monoisotopic (exact) mass is 95.0 g/mol. The molecule has 2 atom stereocenters. The van der Waals surface area contributed by atoms with E-state index in [9.17, 15) is 4.57 Å². The summed E-state index contributed by atoms with van der Waals surface area (Å²) < 4.78 is 9.34. The molecule has 0 aromatic carbocycles. The van der Waals surface area contributed by atoms with E-state index in [-0.39, 0.29) is 8.15 Å². The van der Waals surface area contributed by atoms with E-state index in [1.54, 1.807) is 0 Å². The molecular weight excluding hydrogens is 90.0 g/mol. The Morgan fingerprint density at radius 2 is 2.25 bits per heavy atom. The zero-order valence-electron chi connectivity index (χ0n) is 2.41. The molecule has 0 radical (unpaired) electrons. The quantitative estimate of drug-likeness (QED) is 0.447. The molecule has 0 aromatic rings. The Balaban J connectivity index is 2.30.